The molecule has 0 aromatic heterocycles. The first-order valence-corrected chi connectivity index (χ1v) is 7.42. The molecule has 2 fully saturated rings. The van der Waals surface area contributed by atoms with Gasteiger partial charge in [-0.15, -0.1) is 0 Å². The lowest BCUT2D eigenvalue weighted by Gasteiger charge is -2.41. The Hall–Kier alpha value is -1.80. The number of oxime groups is 1. The third-order valence-corrected chi connectivity index (χ3v) is 3.68. The molecule has 2 aliphatic rings. The molecule has 7 heteroatoms. The summed E-state index contributed by atoms with van der Waals surface area (Å²) in [6.45, 7) is 1.63. The minimum Gasteiger partial charge on any atom is -0.355 e. The Bertz CT molecular complexity index is 575. The second-order valence-corrected chi connectivity index (χ2v) is 5.34. The van der Waals surface area contributed by atoms with E-state index in [0.717, 1.165) is 5.56 Å². The van der Waals surface area contributed by atoms with Crippen LogP contribution in [0.3, 0.4) is 0 Å². The summed E-state index contributed by atoms with van der Waals surface area (Å²) < 4.78 is 22.7. The smallest absolute Gasteiger partial charge is 0.331 e. The normalized spacial score (nSPS) is 32.3. The van der Waals surface area contributed by atoms with E-state index >= 15 is 0 Å². The highest BCUT2D eigenvalue weighted by Crippen LogP contribution is 2.32. The summed E-state index contributed by atoms with van der Waals surface area (Å²) in [5.41, 5.74) is 1.49. The van der Waals surface area contributed by atoms with Crippen molar-refractivity contribution in [3.05, 3.63) is 35.9 Å². The monoisotopic (exact) mass is 321 g/mol. The highest BCUT2D eigenvalue weighted by molar-refractivity contribution is 5.90. The van der Waals surface area contributed by atoms with E-state index in [1.165, 1.54) is 6.92 Å². The van der Waals surface area contributed by atoms with Crippen LogP contribution < -0.4 is 0 Å². The predicted octanol–water partition coefficient (Wildman–Crippen LogP) is 1.78. The maximum Gasteiger partial charge on any atom is 0.331 e. The van der Waals surface area contributed by atoms with Crippen molar-refractivity contribution in [3.8, 4) is 0 Å². The third-order valence-electron chi connectivity index (χ3n) is 3.68. The van der Waals surface area contributed by atoms with Crippen molar-refractivity contribution in [2.75, 3.05) is 13.7 Å². The van der Waals surface area contributed by atoms with Gasteiger partial charge in [0.05, 0.1) is 12.3 Å². The molecule has 2 heterocycles. The fourth-order valence-electron chi connectivity index (χ4n) is 2.60. The molecule has 3 rings (SSSR count). The molecule has 0 amide bonds. The van der Waals surface area contributed by atoms with E-state index in [9.17, 15) is 4.79 Å². The van der Waals surface area contributed by atoms with Crippen LogP contribution in [-0.4, -0.2) is 43.9 Å². The number of rotatable bonds is 3. The number of fused-ring (bicyclic) bond motifs is 1. The van der Waals surface area contributed by atoms with Crippen LogP contribution in [0.2, 0.25) is 0 Å². The first kappa shape index (κ1) is 16.1. The van der Waals surface area contributed by atoms with E-state index < -0.39 is 24.7 Å². The van der Waals surface area contributed by atoms with Gasteiger partial charge in [0.15, 0.2) is 12.6 Å². The van der Waals surface area contributed by atoms with Gasteiger partial charge in [-0.3, -0.25) is 0 Å². The number of hydrogen-bond donors (Lipinski definition) is 0. The van der Waals surface area contributed by atoms with Crippen LogP contribution in [0.5, 0.6) is 0 Å². The first-order valence-electron chi connectivity index (χ1n) is 7.42. The molecule has 0 radical (unpaired) electrons. The molecular formula is C16H19NO6. The van der Waals surface area contributed by atoms with E-state index in [0.29, 0.717) is 18.7 Å². The highest BCUT2D eigenvalue weighted by Gasteiger charge is 2.43. The number of benzene rings is 1. The molecule has 0 unspecified atom stereocenters. The zero-order valence-corrected chi connectivity index (χ0v) is 13.0. The van der Waals surface area contributed by atoms with Gasteiger partial charge < -0.3 is 23.8 Å². The Morgan fingerprint density at radius 3 is 2.74 bits per heavy atom. The summed E-state index contributed by atoms with van der Waals surface area (Å²) in [4.78, 5) is 15.8. The summed E-state index contributed by atoms with van der Waals surface area (Å²) in [6, 6.07) is 9.61. The summed E-state index contributed by atoms with van der Waals surface area (Å²) >= 11 is 0. The Balaban J connectivity index is 1.78. The maximum absolute atomic E-state index is 11.0. The molecule has 0 aliphatic carbocycles. The topological polar surface area (TPSA) is 75.6 Å². The van der Waals surface area contributed by atoms with Crippen molar-refractivity contribution >= 4 is 11.7 Å². The molecule has 2 saturated heterocycles. The van der Waals surface area contributed by atoms with Gasteiger partial charge in [0.1, 0.15) is 12.2 Å². The van der Waals surface area contributed by atoms with Crippen LogP contribution in [0.25, 0.3) is 0 Å². The largest absolute Gasteiger partial charge is 0.355 e. The highest BCUT2D eigenvalue weighted by atomic mass is 16.7. The van der Waals surface area contributed by atoms with E-state index in [4.69, 9.17) is 23.8 Å². The van der Waals surface area contributed by atoms with Crippen LogP contribution in [0, 0.1) is 0 Å². The van der Waals surface area contributed by atoms with Crippen LogP contribution in [-0.2, 0) is 28.6 Å². The zero-order chi connectivity index (χ0) is 16.2. The molecule has 2 aliphatic heterocycles. The minimum atomic E-state index is -0.511. The van der Waals surface area contributed by atoms with Gasteiger partial charge in [-0.05, 0) is 0 Å². The van der Waals surface area contributed by atoms with E-state index in [2.05, 4.69) is 5.16 Å². The lowest BCUT2D eigenvalue weighted by molar-refractivity contribution is -0.286. The fraction of sp³-hybridized carbons (Fsp3) is 0.500. The first-order chi connectivity index (χ1) is 11.2. The van der Waals surface area contributed by atoms with Gasteiger partial charge in [0.25, 0.3) is 0 Å². The van der Waals surface area contributed by atoms with Gasteiger partial charge in [-0.2, -0.15) is 0 Å². The second kappa shape index (κ2) is 7.18. The Morgan fingerprint density at radius 1 is 1.26 bits per heavy atom. The van der Waals surface area contributed by atoms with Crippen LogP contribution in [0.4, 0.5) is 0 Å². The van der Waals surface area contributed by atoms with Gasteiger partial charge in [0.2, 0.25) is 0 Å². The van der Waals surface area contributed by atoms with Gasteiger partial charge >= 0.3 is 5.97 Å². The van der Waals surface area contributed by atoms with Crippen molar-refractivity contribution in [2.45, 2.75) is 38.1 Å². The molecule has 0 saturated carbocycles. The lowest BCUT2D eigenvalue weighted by Crippen LogP contribution is -2.53. The summed E-state index contributed by atoms with van der Waals surface area (Å²) in [6.07, 6.45) is -1.41. The number of nitrogens with zero attached hydrogens (tertiary/aromatic N) is 1. The fourth-order valence-corrected chi connectivity index (χ4v) is 2.60. The maximum atomic E-state index is 11.0. The molecule has 0 N–H and O–H groups in total. The number of hydrogen-bond acceptors (Lipinski definition) is 7. The average molecular weight is 321 g/mol. The van der Waals surface area contributed by atoms with Gasteiger partial charge in [-0.1, -0.05) is 35.5 Å². The summed E-state index contributed by atoms with van der Waals surface area (Å²) in [5, 5.41) is 3.92. The van der Waals surface area contributed by atoms with Crippen LogP contribution >= 0.6 is 0 Å². The minimum absolute atomic E-state index is 0.336. The second-order valence-electron chi connectivity index (χ2n) is 5.34. The van der Waals surface area contributed by atoms with Crippen LogP contribution in [0.15, 0.2) is 35.5 Å². The standard InChI is InChI=1S/C16H19NO6/c1-10(18)23-17-12-8-14(19-2)21-13-9-20-16(22-15(12)13)11-6-4-3-5-7-11/h3-7,13-16H,8-9H2,1-2H3/b17-12+/t13-,14-,15+,16+/m0/s1. The summed E-state index contributed by atoms with van der Waals surface area (Å²) in [7, 11) is 1.55. The molecule has 4 atom stereocenters. The zero-order valence-electron chi connectivity index (χ0n) is 13.0. The Morgan fingerprint density at radius 2 is 2.04 bits per heavy atom. The van der Waals surface area contributed by atoms with Crippen molar-refractivity contribution < 1.29 is 28.6 Å². The average Bonchev–Trinajstić information content (AvgIpc) is 2.59. The molecule has 1 aromatic carbocycles. The molecule has 124 valence electrons. The van der Waals surface area contributed by atoms with Crippen molar-refractivity contribution in [3.63, 3.8) is 0 Å². The van der Waals surface area contributed by atoms with Crippen molar-refractivity contribution in [2.24, 2.45) is 5.16 Å². The Kier molecular flexibility index (Phi) is 5.02. The third kappa shape index (κ3) is 3.76. The van der Waals surface area contributed by atoms with E-state index in [-0.39, 0.29) is 6.10 Å². The molecule has 7 nitrogen and oxygen atoms in total. The lowest BCUT2D eigenvalue weighted by atomic mass is 10.0. The number of ether oxygens (including phenoxy) is 4. The molecular weight excluding hydrogens is 302 g/mol. The SMILES string of the molecule is CO[C@@H]1C/C(=N\OC(C)=O)[C@H]2O[C@H](c3ccccc3)OC[C@@H]2O1. The van der Waals surface area contributed by atoms with E-state index in [1.54, 1.807) is 7.11 Å². The number of carbonyl (C=O) groups is 1. The van der Waals surface area contributed by atoms with Crippen molar-refractivity contribution in [1.82, 2.24) is 0 Å². The number of methoxy groups -OCH3 is 1. The molecule has 0 bridgehead atoms. The molecule has 0 spiro atoms. The molecule has 23 heavy (non-hydrogen) atoms. The van der Waals surface area contributed by atoms with Gasteiger partial charge in [0, 0.05) is 26.0 Å². The predicted molar refractivity (Wildman–Crippen MR) is 79.5 cm³/mol. The van der Waals surface area contributed by atoms with E-state index in [1.807, 2.05) is 30.3 Å². The molecule has 1 aromatic rings. The quantitative estimate of drug-likeness (QED) is 0.624. The van der Waals surface area contributed by atoms with Crippen LogP contribution in [0.1, 0.15) is 25.2 Å². The Labute approximate surface area is 134 Å². The number of carbonyl (C=O) groups excluding carboxylic acids is 1. The van der Waals surface area contributed by atoms with Crippen molar-refractivity contribution in [1.29, 1.82) is 0 Å². The van der Waals surface area contributed by atoms with Gasteiger partial charge in [-0.25, -0.2) is 4.79 Å². The summed E-state index contributed by atoms with van der Waals surface area (Å²) in [5.74, 6) is -0.485.